The van der Waals surface area contributed by atoms with Crippen molar-refractivity contribution in [3.8, 4) is 5.75 Å². The van der Waals surface area contributed by atoms with Gasteiger partial charge in [0.2, 0.25) is 0 Å². The van der Waals surface area contributed by atoms with Crippen molar-refractivity contribution in [2.75, 3.05) is 57.4 Å². The van der Waals surface area contributed by atoms with Gasteiger partial charge in [0, 0.05) is 0 Å². The Labute approximate surface area is 179 Å². The van der Waals surface area contributed by atoms with E-state index in [4.69, 9.17) is 9.47 Å². The Morgan fingerprint density at radius 2 is 1.73 bits per heavy atom. The molecule has 5 nitrogen and oxygen atoms in total. The number of aliphatic hydroxyl groups excluding tert-OH is 1. The molecule has 3 rings (SSSR count). The molecule has 6 heteroatoms. The molecule has 1 heterocycles. The second kappa shape index (κ2) is 11.3. The number of ether oxygens (including phenoxy) is 2. The Morgan fingerprint density at radius 3 is 2.47 bits per heavy atom. The predicted octanol–water partition coefficient (Wildman–Crippen LogP) is 2.11. The number of quaternary nitrogens is 1. The highest BCUT2D eigenvalue weighted by Gasteiger charge is 2.23. The molecule has 1 aliphatic rings. The molecule has 1 atom stereocenters. The number of hydrogen-bond donors (Lipinski definition) is 2. The summed E-state index contributed by atoms with van der Waals surface area (Å²) in [5, 5.41) is 10.3. The number of hydrogen-bond acceptors (Lipinski definition) is 4. The van der Waals surface area contributed by atoms with Crippen LogP contribution in [-0.4, -0.2) is 63.8 Å². The van der Waals surface area contributed by atoms with Crippen LogP contribution < -0.4 is 14.5 Å². The van der Waals surface area contributed by atoms with Gasteiger partial charge in [0.15, 0.2) is 0 Å². The smallest absolute Gasteiger partial charge is 0.146 e. The summed E-state index contributed by atoms with van der Waals surface area (Å²) in [5.74, 6) is 1.13. The van der Waals surface area contributed by atoms with Gasteiger partial charge in [-0.15, -0.1) is 0 Å². The lowest BCUT2D eigenvalue weighted by molar-refractivity contribution is -0.903. The first-order valence-corrected chi connectivity index (χ1v) is 10.8. The van der Waals surface area contributed by atoms with E-state index in [1.165, 1.54) is 16.5 Å². The van der Waals surface area contributed by atoms with Crippen molar-refractivity contribution in [1.29, 1.82) is 0 Å². The first-order chi connectivity index (χ1) is 14.5. The summed E-state index contributed by atoms with van der Waals surface area (Å²) in [4.78, 5) is 3.40. The lowest BCUT2D eigenvalue weighted by Crippen LogP contribution is -3.16. The monoisotopic (exact) mass is 417 g/mol. The molecule has 0 radical (unpaired) electrons. The standard InChI is InChI=1S/C24H33FN2O3/c1-19(2)21-7-3-6-10-24(21)30-16-15-29-18-20(28)17-26-11-13-27(14-12-26)23-9-5-4-8-22(23)25/h3-10,19-20,28H,11-18H2,1-2H3/p+1/t20-/m0/s1. The average Bonchev–Trinajstić information content (AvgIpc) is 2.75. The van der Waals surface area contributed by atoms with Gasteiger partial charge in [0.1, 0.15) is 30.8 Å². The minimum Gasteiger partial charge on any atom is -0.491 e. The number of aliphatic hydroxyl groups is 1. The van der Waals surface area contributed by atoms with Crippen molar-refractivity contribution in [1.82, 2.24) is 0 Å². The Hall–Kier alpha value is -2.15. The molecular formula is C24H34FN2O3+. The maximum Gasteiger partial charge on any atom is 0.146 e. The van der Waals surface area contributed by atoms with Gasteiger partial charge in [-0.2, -0.15) is 0 Å². The van der Waals surface area contributed by atoms with Crippen LogP contribution in [0.1, 0.15) is 25.3 Å². The Kier molecular flexibility index (Phi) is 8.49. The lowest BCUT2D eigenvalue weighted by Gasteiger charge is -2.34. The topological polar surface area (TPSA) is 46.4 Å². The SMILES string of the molecule is CC(C)c1ccccc1OCCOC[C@@H](O)C[NH+]1CCN(c2ccccc2F)CC1. The highest BCUT2D eigenvalue weighted by Crippen LogP contribution is 2.25. The fourth-order valence-electron chi connectivity index (χ4n) is 3.89. The van der Waals surface area contributed by atoms with Gasteiger partial charge in [-0.25, -0.2) is 4.39 Å². The van der Waals surface area contributed by atoms with Gasteiger partial charge in [-0.05, 0) is 29.7 Å². The highest BCUT2D eigenvalue weighted by atomic mass is 19.1. The van der Waals surface area contributed by atoms with E-state index in [9.17, 15) is 9.50 Å². The molecule has 0 amide bonds. The molecule has 0 unspecified atom stereocenters. The Balaban J connectivity index is 1.31. The molecule has 0 spiro atoms. The largest absolute Gasteiger partial charge is 0.491 e. The summed E-state index contributed by atoms with van der Waals surface area (Å²) >= 11 is 0. The molecule has 1 saturated heterocycles. The van der Waals surface area contributed by atoms with Gasteiger partial charge >= 0.3 is 0 Å². The zero-order chi connectivity index (χ0) is 21.3. The number of anilines is 1. The van der Waals surface area contributed by atoms with E-state index in [2.05, 4.69) is 24.8 Å². The maximum absolute atomic E-state index is 13.9. The first kappa shape index (κ1) is 22.5. The molecule has 0 bridgehead atoms. The molecule has 0 aliphatic carbocycles. The zero-order valence-electron chi connectivity index (χ0n) is 18.0. The summed E-state index contributed by atoms with van der Waals surface area (Å²) < 4.78 is 25.4. The van der Waals surface area contributed by atoms with E-state index in [1.54, 1.807) is 6.07 Å². The molecule has 30 heavy (non-hydrogen) atoms. The zero-order valence-corrected chi connectivity index (χ0v) is 18.0. The third-order valence-corrected chi connectivity index (χ3v) is 5.52. The summed E-state index contributed by atoms with van der Waals surface area (Å²) in [5.41, 5.74) is 1.86. The third kappa shape index (κ3) is 6.42. The fourth-order valence-corrected chi connectivity index (χ4v) is 3.89. The molecule has 2 aromatic carbocycles. The van der Waals surface area contributed by atoms with Crippen LogP contribution in [0, 0.1) is 5.82 Å². The van der Waals surface area contributed by atoms with Crippen molar-refractivity contribution in [3.63, 3.8) is 0 Å². The number of nitrogens with one attached hydrogen (secondary N) is 1. The van der Waals surface area contributed by atoms with Gasteiger partial charge < -0.3 is 24.4 Å². The number of para-hydroxylation sites is 2. The van der Waals surface area contributed by atoms with Crippen molar-refractivity contribution < 1.29 is 23.9 Å². The Bertz CT molecular complexity index is 779. The second-order valence-corrected chi connectivity index (χ2v) is 8.16. The molecule has 2 aromatic rings. The quantitative estimate of drug-likeness (QED) is 0.582. The minimum atomic E-state index is -0.511. The van der Waals surface area contributed by atoms with Crippen molar-refractivity contribution in [3.05, 3.63) is 59.9 Å². The van der Waals surface area contributed by atoms with E-state index >= 15 is 0 Å². The minimum absolute atomic E-state index is 0.173. The molecule has 1 aliphatic heterocycles. The van der Waals surface area contributed by atoms with Crippen LogP contribution in [0.3, 0.4) is 0 Å². The molecule has 2 N–H and O–H groups in total. The van der Waals surface area contributed by atoms with Crippen LogP contribution in [0.5, 0.6) is 5.75 Å². The van der Waals surface area contributed by atoms with E-state index in [0.717, 1.165) is 31.9 Å². The summed E-state index contributed by atoms with van der Waals surface area (Å²) in [6.45, 7) is 9.46. The van der Waals surface area contributed by atoms with E-state index < -0.39 is 6.10 Å². The van der Waals surface area contributed by atoms with E-state index in [1.807, 2.05) is 30.3 Å². The number of benzene rings is 2. The van der Waals surface area contributed by atoms with Crippen LogP contribution in [-0.2, 0) is 4.74 Å². The van der Waals surface area contributed by atoms with Crippen LogP contribution in [0.15, 0.2) is 48.5 Å². The third-order valence-electron chi connectivity index (χ3n) is 5.52. The number of rotatable bonds is 10. The van der Waals surface area contributed by atoms with Crippen molar-refractivity contribution >= 4 is 5.69 Å². The van der Waals surface area contributed by atoms with Crippen LogP contribution in [0.25, 0.3) is 0 Å². The van der Waals surface area contributed by atoms with E-state index in [-0.39, 0.29) is 5.82 Å². The Morgan fingerprint density at radius 1 is 1.03 bits per heavy atom. The predicted molar refractivity (Wildman–Crippen MR) is 117 cm³/mol. The van der Waals surface area contributed by atoms with Gasteiger partial charge in [-0.3, -0.25) is 0 Å². The first-order valence-electron chi connectivity index (χ1n) is 10.8. The normalized spacial score (nSPS) is 16.1. The molecule has 0 aromatic heterocycles. The highest BCUT2D eigenvalue weighted by molar-refractivity contribution is 5.47. The van der Waals surface area contributed by atoms with Crippen LogP contribution in [0.4, 0.5) is 10.1 Å². The van der Waals surface area contributed by atoms with Gasteiger partial charge in [0.25, 0.3) is 0 Å². The second-order valence-electron chi connectivity index (χ2n) is 8.16. The average molecular weight is 418 g/mol. The lowest BCUT2D eigenvalue weighted by atomic mass is 10.0. The number of piperazine rings is 1. The van der Waals surface area contributed by atoms with Gasteiger partial charge in [0.05, 0.1) is 45.1 Å². The van der Waals surface area contributed by atoms with Crippen molar-refractivity contribution in [2.24, 2.45) is 0 Å². The van der Waals surface area contributed by atoms with Gasteiger partial charge in [-0.1, -0.05) is 44.2 Å². The molecule has 1 fully saturated rings. The summed E-state index contributed by atoms with van der Waals surface area (Å²) in [7, 11) is 0. The number of halogens is 1. The maximum atomic E-state index is 13.9. The van der Waals surface area contributed by atoms with Crippen LogP contribution in [0.2, 0.25) is 0 Å². The molecule has 164 valence electrons. The summed E-state index contributed by atoms with van der Waals surface area (Å²) in [6, 6.07) is 15.0. The molecular weight excluding hydrogens is 383 g/mol. The van der Waals surface area contributed by atoms with Crippen LogP contribution >= 0.6 is 0 Å². The fraction of sp³-hybridized carbons (Fsp3) is 0.500. The molecule has 0 saturated carbocycles. The van der Waals surface area contributed by atoms with Crippen molar-refractivity contribution in [2.45, 2.75) is 25.9 Å². The van der Waals surface area contributed by atoms with E-state index in [0.29, 0.717) is 38.0 Å². The summed E-state index contributed by atoms with van der Waals surface area (Å²) in [6.07, 6.45) is -0.511. The number of nitrogens with zero attached hydrogens (tertiary/aromatic N) is 1.